The Balaban J connectivity index is 1.45. The number of ether oxygens (including phenoxy) is 1. The number of hydrogen-bond acceptors (Lipinski definition) is 5. The Bertz CT molecular complexity index is 997. The van der Waals surface area contributed by atoms with Crippen LogP contribution in [0.5, 0.6) is 0 Å². The maximum atomic E-state index is 12.2. The van der Waals surface area contributed by atoms with E-state index in [0.29, 0.717) is 18.2 Å². The molecule has 1 aliphatic heterocycles. The van der Waals surface area contributed by atoms with E-state index in [4.69, 9.17) is 16.3 Å². The minimum Gasteiger partial charge on any atom is -0.444 e. The van der Waals surface area contributed by atoms with Gasteiger partial charge >= 0.3 is 6.09 Å². The molecule has 8 nitrogen and oxygen atoms in total. The predicted octanol–water partition coefficient (Wildman–Crippen LogP) is 3.84. The third-order valence-corrected chi connectivity index (χ3v) is 4.95. The molecule has 0 radical (unpaired) electrons. The first-order chi connectivity index (χ1) is 13.3. The molecule has 28 heavy (non-hydrogen) atoms. The molecule has 9 heteroatoms. The van der Waals surface area contributed by atoms with Crippen molar-refractivity contribution in [2.24, 2.45) is 0 Å². The molecule has 3 aromatic rings. The molecule has 4 rings (SSSR count). The summed E-state index contributed by atoms with van der Waals surface area (Å²) < 4.78 is 9.43. The average Bonchev–Trinajstić information content (AvgIpc) is 3.26. The number of carbonyl (C=O) groups is 1. The number of fused-ring (bicyclic) bond motifs is 1. The van der Waals surface area contributed by atoms with Gasteiger partial charge in [-0.25, -0.2) is 4.79 Å². The summed E-state index contributed by atoms with van der Waals surface area (Å²) in [6, 6.07) is 3.94. The Morgan fingerprint density at radius 2 is 2.00 bits per heavy atom. The van der Waals surface area contributed by atoms with Gasteiger partial charge in [0, 0.05) is 31.5 Å². The number of piperidine rings is 1. The van der Waals surface area contributed by atoms with Crippen molar-refractivity contribution >= 4 is 28.7 Å². The van der Waals surface area contributed by atoms with Gasteiger partial charge in [-0.1, -0.05) is 11.6 Å². The summed E-state index contributed by atoms with van der Waals surface area (Å²) in [5, 5.41) is 12.9. The zero-order valence-electron chi connectivity index (χ0n) is 16.2. The highest BCUT2D eigenvalue weighted by atomic mass is 35.5. The molecule has 1 saturated heterocycles. The van der Waals surface area contributed by atoms with Crippen LogP contribution < -0.4 is 0 Å². The second kappa shape index (κ2) is 7.09. The van der Waals surface area contributed by atoms with Crippen molar-refractivity contribution in [2.75, 3.05) is 13.1 Å². The fourth-order valence-corrected chi connectivity index (χ4v) is 3.56. The molecule has 0 unspecified atom stereocenters. The SMILES string of the molecule is CC(C)(C)OC(=O)N1CCC(n2cc(-n3ccc4nnc(Cl)cc43)cn2)CC1. The van der Waals surface area contributed by atoms with Crippen LogP contribution >= 0.6 is 11.6 Å². The predicted molar refractivity (Wildman–Crippen MR) is 106 cm³/mol. The minimum atomic E-state index is -0.475. The molecule has 0 bridgehead atoms. The Hall–Kier alpha value is -2.61. The fraction of sp³-hybridized carbons (Fsp3) is 0.474. The van der Waals surface area contributed by atoms with Crippen LogP contribution in [0.15, 0.2) is 30.7 Å². The Labute approximate surface area is 168 Å². The number of nitrogens with zero attached hydrogens (tertiary/aromatic N) is 6. The molecular formula is C19H23ClN6O2. The summed E-state index contributed by atoms with van der Waals surface area (Å²) >= 11 is 5.99. The molecule has 148 valence electrons. The van der Waals surface area contributed by atoms with Gasteiger partial charge in [0.25, 0.3) is 0 Å². The van der Waals surface area contributed by atoms with Crippen LogP contribution in [0.4, 0.5) is 4.79 Å². The zero-order chi connectivity index (χ0) is 19.9. The third-order valence-electron chi connectivity index (χ3n) is 4.77. The van der Waals surface area contributed by atoms with Gasteiger partial charge in [-0.3, -0.25) is 4.68 Å². The maximum Gasteiger partial charge on any atom is 0.410 e. The van der Waals surface area contributed by atoms with Crippen molar-refractivity contribution < 1.29 is 9.53 Å². The average molecular weight is 403 g/mol. The first-order valence-corrected chi connectivity index (χ1v) is 9.71. The van der Waals surface area contributed by atoms with Gasteiger partial charge in [0.1, 0.15) is 11.1 Å². The summed E-state index contributed by atoms with van der Waals surface area (Å²) in [5.74, 6) is 0. The number of hydrogen-bond donors (Lipinski definition) is 0. The van der Waals surface area contributed by atoms with E-state index in [1.807, 2.05) is 54.7 Å². The molecule has 0 aromatic carbocycles. The van der Waals surface area contributed by atoms with Crippen LogP contribution in [-0.4, -0.2) is 54.2 Å². The smallest absolute Gasteiger partial charge is 0.410 e. The first-order valence-electron chi connectivity index (χ1n) is 9.33. The number of amides is 1. The maximum absolute atomic E-state index is 12.2. The van der Waals surface area contributed by atoms with E-state index in [0.717, 1.165) is 29.6 Å². The zero-order valence-corrected chi connectivity index (χ0v) is 16.9. The lowest BCUT2D eigenvalue weighted by molar-refractivity contribution is 0.0185. The minimum absolute atomic E-state index is 0.246. The van der Waals surface area contributed by atoms with Gasteiger partial charge in [0.15, 0.2) is 5.15 Å². The molecule has 0 aliphatic carbocycles. The van der Waals surface area contributed by atoms with Crippen molar-refractivity contribution in [2.45, 2.75) is 45.3 Å². The summed E-state index contributed by atoms with van der Waals surface area (Å²) in [6.45, 7) is 6.96. The van der Waals surface area contributed by atoms with E-state index >= 15 is 0 Å². The Morgan fingerprint density at radius 3 is 2.71 bits per heavy atom. The van der Waals surface area contributed by atoms with E-state index in [1.54, 1.807) is 11.0 Å². The molecule has 1 fully saturated rings. The van der Waals surface area contributed by atoms with Gasteiger partial charge < -0.3 is 14.2 Å². The summed E-state index contributed by atoms with van der Waals surface area (Å²) in [5.41, 5.74) is 2.13. The van der Waals surface area contributed by atoms with Crippen molar-refractivity contribution in [3.63, 3.8) is 0 Å². The highest BCUT2D eigenvalue weighted by Gasteiger charge is 2.28. The molecular weight excluding hydrogens is 380 g/mol. The summed E-state index contributed by atoms with van der Waals surface area (Å²) in [6.07, 6.45) is 7.20. The largest absolute Gasteiger partial charge is 0.444 e. The molecule has 0 saturated carbocycles. The van der Waals surface area contributed by atoms with Crippen molar-refractivity contribution in [3.05, 3.63) is 35.9 Å². The number of rotatable bonds is 2. The lowest BCUT2D eigenvalue weighted by Gasteiger charge is -2.33. The second-order valence-electron chi connectivity index (χ2n) is 8.00. The molecule has 3 aromatic heterocycles. The van der Waals surface area contributed by atoms with Crippen molar-refractivity contribution in [1.29, 1.82) is 0 Å². The van der Waals surface area contributed by atoms with Gasteiger partial charge in [-0.2, -0.15) is 5.10 Å². The monoisotopic (exact) mass is 402 g/mol. The van der Waals surface area contributed by atoms with E-state index in [9.17, 15) is 4.79 Å². The van der Waals surface area contributed by atoms with Crippen LogP contribution in [0.3, 0.4) is 0 Å². The molecule has 4 heterocycles. The number of halogens is 1. The second-order valence-corrected chi connectivity index (χ2v) is 8.39. The Morgan fingerprint density at radius 1 is 1.25 bits per heavy atom. The highest BCUT2D eigenvalue weighted by Crippen LogP contribution is 2.26. The van der Waals surface area contributed by atoms with Gasteiger partial charge in [-0.15, -0.1) is 10.2 Å². The van der Waals surface area contributed by atoms with E-state index in [-0.39, 0.29) is 12.1 Å². The van der Waals surface area contributed by atoms with Crippen LogP contribution in [0, 0.1) is 0 Å². The van der Waals surface area contributed by atoms with Crippen molar-refractivity contribution in [3.8, 4) is 5.69 Å². The quantitative estimate of drug-likeness (QED) is 0.650. The van der Waals surface area contributed by atoms with Crippen LogP contribution in [0.2, 0.25) is 5.15 Å². The van der Waals surface area contributed by atoms with Crippen LogP contribution in [-0.2, 0) is 4.74 Å². The van der Waals surface area contributed by atoms with E-state index < -0.39 is 5.60 Å². The van der Waals surface area contributed by atoms with Gasteiger partial charge in [0.2, 0.25) is 0 Å². The Kier molecular flexibility index (Phi) is 4.74. The van der Waals surface area contributed by atoms with Crippen molar-refractivity contribution in [1.82, 2.24) is 29.4 Å². The summed E-state index contributed by atoms with van der Waals surface area (Å²) in [4.78, 5) is 14.0. The number of aromatic nitrogens is 5. The van der Waals surface area contributed by atoms with E-state index in [2.05, 4.69) is 15.3 Å². The molecule has 1 aliphatic rings. The molecule has 1 amide bonds. The topological polar surface area (TPSA) is 78.1 Å². The lowest BCUT2D eigenvalue weighted by atomic mass is 10.1. The normalized spacial score (nSPS) is 15.9. The summed E-state index contributed by atoms with van der Waals surface area (Å²) in [7, 11) is 0. The standard InChI is InChI=1S/C19H23ClN6O2/c1-19(2,3)28-18(27)24-7-4-13(5-8-24)26-12-14(11-21-26)25-9-6-15-16(25)10-17(20)23-22-15/h6,9-13H,4-5,7-8H2,1-3H3. The molecule has 0 N–H and O–H groups in total. The van der Waals surface area contributed by atoms with Crippen LogP contribution in [0.1, 0.15) is 39.7 Å². The van der Waals surface area contributed by atoms with Gasteiger partial charge in [-0.05, 0) is 39.7 Å². The number of carbonyl (C=O) groups excluding carboxylic acids is 1. The molecule has 0 spiro atoms. The van der Waals surface area contributed by atoms with E-state index in [1.165, 1.54) is 0 Å². The third kappa shape index (κ3) is 3.82. The van der Waals surface area contributed by atoms with Gasteiger partial charge in [0.05, 0.1) is 23.4 Å². The number of likely N-dealkylation sites (tertiary alicyclic amines) is 1. The highest BCUT2D eigenvalue weighted by molar-refractivity contribution is 6.29. The molecule has 0 atom stereocenters. The van der Waals surface area contributed by atoms with Crippen LogP contribution in [0.25, 0.3) is 16.7 Å². The first kappa shape index (κ1) is 18.7. The fourth-order valence-electron chi connectivity index (χ4n) is 3.42. The lowest BCUT2D eigenvalue weighted by Crippen LogP contribution is -2.42.